The highest BCUT2D eigenvalue weighted by Gasteiger charge is 2.20. The Hall–Kier alpha value is -1.35. The second-order valence-corrected chi connectivity index (χ2v) is 6.41. The van der Waals surface area contributed by atoms with Gasteiger partial charge in [-0.05, 0) is 24.8 Å². The van der Waals surface area contributed by atoms with Gasteiger partial charge in [-0.15, -0.1) is 0 Å². The highest BCUT2D eigenvalue weighted by atomic mass is 16.1. The van der Waals surface area contributed by atoms with E-state index in [1.54, 1.807) is 0 Å². The van der Waals surface area contributed by atoms with E-state index in [9.17, 15) is 4.79 Å². The van der Waals surface area contributed by atoms with Crippen molar-refractivity contribution in [3.05, 3.63) is 35.9 Å². The van der Waals surface area contributed by atoms with Crippen molar-refractivity contribution >= 4 is 5.91 Å². The molecule has 1 aromatic rings. The van der Waals surface area contributed by atoms with Gasteiger partial charge < -0.3 is 5.32 Å². The number of nitrogens with one attached hydrogen (secondary N) is 1. The van der Waals surface area contributed by atoms with Gasteiger partial charge in [0.05, 0.1) is 0 Å². The van der Waals surface area contributed by atoms with Crippen molar-refractivity contribution in [3.63, 3.8) is 0 Å². The summed E-state index contributed by atoms with van der Waals surface area (Å²) in [7, 11) is 0. The molecule has 1 fully saturated rings. The molecule has 0 unspecified atom stereocenters. The molecule has 0 bridgehead atoms. The predicted octanol–water partition coefficient (Wildman–Crippen LogP) is 3.74. The van der Waals surface area contributed by atoms with E-state index in [2.05, 4.69) is 47.5 Å². The zero-order valence-electron chi connectivity index (χ0n) is 13.9. The number of likely N-dealkylation sites (tertiary alicyclic amines) is 1. The van der Waals surface area contributed by atoms with E-state index < -0.39 is 0 Å². The summed E-state index contributed by atoms with van der Waals surface area (Å²) in [4.78, 5) is 14.4. The van der Waals surface area contributed by atoms with Gasteiger partial charge in [-0.25, -0.2) is 0 Å². The first-order valence-electron chi connectivity index (χ1n) is 8.83. The van der Waals surface area contributed by atoms with Gasteiger partial charge in [0.1, 0.15) is 0 Å². The summed E-state index contributed by atoms with van der Waals surface area (Å²) in [5.41, 5.74) is 1.38. The molecule has 3 nitrogen and oxygen atoms in total. The molecule has 0 aliphatic carbocycles. The summed E-state index contributed by atoms with van der Waals surface area (Å²) in [6.07, 6.45) is 7.53. The average Bonchev–Trinajstić information content (AvgIpc) is 2.54. The van der Waals surface area contributed by atoms with Crippen LogP contribution in [0.2, 0.25) is 0 Å². The van der Waals surface area contributed by atoms with Crippen LogP contribution >= 0.6 is 0 Å². The Balaban J connectivity index is 1.61. The number of carbonyl (C=O) groups excluding carboxylic acids is 1. The maximum Gasteiger partial charge on any atom is 0.220 e. The lowest BCUT2D eigenvalue weighted by atomic mass is 10.0. The lowest BCUT2D eigenvalue weighted by Gasteiger charge is -2.32. The van der Waals surface area contributed by atoms with Gasteiger partial charge in [0.2, 0.25) is 5.91 Å². The summed E-state index contributed by atoms with van der Waals surface area (Å²) >= 11 is 0. The molecule has 0 radical (unpaired) electrons. The van der Waals surface area contributed by atoms with E-state index in [1.807, 2.05) is 0 Å². The van der Waals surface area contributed by atoms with Crippen LogP contribution in [0.4, 0.5) is 0 Å². The summed E-state index contributed by atoms with van der Waals surface area (Å²) in [5.74, 6) is 0.248. The fraction of sp³-hybridized carbons (Fsp3) is 0.632. The Kier molecular flexibility index (Phi) is 7.44. The Morgan fingerprint density at radius 3 is 2.55 bits per heavy atom. The van der Waals surface area contributed by atoms with Gasteiger partial charge in [0, 0.05) is 32.1 Å². The average molecular weight is 302 g/mol. The van der Waals surface area contributed by atoms with Crippen molar-refractivity contribution in [2.45, 2.75) is 64.5 Å². The molecule has 0 spiro atoms. The number of benzene rings is 1. The van der Waals surface area contributed by atoms with Crippen molar-refractivity contribution in [3.8, 4) is 0 Å². The molecular weight excluding hydrogens is 272 g/mol. The minimum Gasteiger partial charge on any atom is -0.353 e. The SMILES string of the molecule is CCCCCCC(=O)NC1CCN(Cc2ccccc2)CC1. The Labute approximate surface area is 135 Å². The van der Waals surface area contributed by atoms with E-state index in [-0.39, 0.29) is 5.91 Å². The molecule has 0 saturated carbocycles. The minimum absolute atomic E-state index is 0.248. The van der Waals surface area contributed by atoms with Gasteiger partial charge in [0.25, 0.3) is 0 Å². The van der Waals surface area contributed by atoms with E-state index in [1.165, 1.54) is 24.8 Å². The molecule has 1 amide bonds. The number of amides is 1. The lowest BCUT2D eigenvalue weighted by Crippen LogP contribution is -2.44. The van der Waals surface area contributed by atoms with Crippen LogP contribution in [-0.2, 0) is 11.3 Å². The first kappa shape index (κ1) is 17.0. The third-order valence-corrected chi connectivity index (χ3v) is 4.46. The Morgan fingerprint density at radius 2 is 1.86 bits per heavy atom. The van der Waals surface area contributed by atoms with Crippen LogP contribution in [0.25, 0.3) is 0 Å². The lowest BCUT2D eigenvalue weighted by molar-refractivity contribution is -0.122. The monoisotopic (exact) mass is 302 g/mol. The number of hydrogen-bond acceptors (Lipinski definition) is 2. The molecule has 1 N–H and O–H groups in total. The quantitative estimate of drug-likeness (QED) is 0.742. The second-order valence-electron chi connectivity index (χ2n) is 6.41. The molecule has 0 aromatic heterocycles. The number of nitrogens with zero attached hydrogens (tertiary/aromatic N) is 1. The Morgan fingerprint density at radius 1 is 1.14 bits per heavy atom. The van der Waals surface area contributed by atoms with Gasteiger partial charge in [-0.3, -0.25) is 9.69 Å². The normalized spacial score (nSPS) is 16.6. The molecule has 1 aromatic carbocycles. The third-order valence-electron chi connectivity index (χ3n) is 4.46. The highest BCUT2D eigenvalue weighted by Crippen LogP contribution is 2.14. The summed E-state index contributed by atoms with van der Waals surface area (Å²) in [6, 6.07) is 11.0. The molecule has 1 saturated heterocycles. The van der Waals surface area contributed by atoms with E-state index in [0.717, 1.165) is 38.9 Å². The number of unbranched alkanes of at least 4 members (excludes halogenated alkanes) is 3. The summed E-state index contributed by atoms with van der Waals surface area (Å²) in [6.45, 7) is 5.38. The zero-order chi connectivity index (χ0) is 15.6. The van der Waals surface area contributed by atoms with Crippen LogP contribution in [-0.4, -0.2) is 29.9 Å². The third kappa shape index (κ3) is 6.18. The minimum atomic E-state index is 0.248. The molecule has 2 rings (SSSR count). The van der Waals surface area contributed by atoms with Gasteiger partial charge >= 0.3 is 0 Å². The summed E-state index contributed by atoms with van der Waals surface area (Å²) in [5, 5.41) is 3.21. The van der Waals surface area contributed by atoms with Crippen molar-refractivity contribution < 1.29 is 4.79 Å². The van der Waals surface area contributed by atoms with Gasteiger partial charge in [0.15, 0.2) is 0 Å². The zero-order valence-corrected chi connectivity index (χ0v) is 13.9. The predicted molar refractivity (Wildman–Crippen MR) is 91.6 cm³/mol. The van der Waals surface area contributed by atoms with Crippen molar-refractivity contribution in [2.75, 3.05) is 13.1 Å². The van der Waals surface area contributed by atoms with Crippen LogP contribution in [0.5, 0.6) is 0 Å². The van der Waals surface area contributed by atoms with Gasteiger partial charge in [-0.2, -0.15) is 0 Å². The van der Waals surface area contributed by atoms with E-state index in [0.29, 0.717) is 12.5 Å². The van der Waals surface area contributed by atoms with Crippen molar-refractivity contribution in [2.24, 2.45) is 0 Å². The largest absolute Gasteiger partial charge is 0.353 e. The molecule has 1 aliphatic heterocycles. The summed E-state index contributed by atoms with van der Waals surface area (Å²) < 4.78 is 0. The van der Waals surface area contributed by atoms with Crippen molar-refractivity contribution in [1.82, 2.24) is 10.2 Å². The molecule has 22 heavy (non-hydrogen) atoms. The molecule has 1 aliphatic rings. The van der Waals surface area contributed by atoms with Crippen LogP contribution in [0.1, 0.15) is 57.4 Å². The number of carbonyl (C=O) groups is 1. The fourth-order valence-electron chi connectivity index (χ4n) is 3.09. The number of piperidine rings is 1. The Bertz CT molecular complexity index is 424. The standard InChI is InChI=1S/C19H30N2O/c1-2-3-4-8-11-19(22)20-18-12-14-21(15-13-18)16-17-9-6-5-7-10-17/h5-7,9-10,18H,2-4,8,11-16H2,1H3,(H,20,22). The topological polar surface area (TPSA) is 32.3 Å². The maximum atomic E-state index is 11.9. The van der Waals surface area contributed by atoms with Crippen LogP contribution in [0.15, 0.2) is 30.3 Å². The molecule has 3 heteroatoms. The van der Waals surface area contributed by atoms with Crippen LogP contribution in [0.3, 0.4) is 0 Å². The first-order chi connectivity index (χ1) is 10.8. The molecular formula is C19H30N2O. The van der Waals surface area contributed by atoms with Crippen LogP contribution < -0.4 is 5.32 Å². The molecule has 122 valence electrons. The van der Waals surface area contributed by atoms with E-state index in [4.69, 9.17) is 0 Å². The number of hydrogen-bond donors (Lipinski definition) is 1. The fourth-order valence-corrected chi connectivity index (χ4v) is 3.09. The smallest absolute Gasteiger partial charge is 0.220 e. The second kappa shape index (κ2) is 9.62. The van der Waals surface area contributed by atoms with Crippen molar-refractivity contribution in [1.29, 1.82) is 0 Å². The van der Waals surface area contributed by atoms with Crippen LogP contribution in [0, 0.1) is 0 Å². The highest BCUT2D eigenvalue weighted by molar-refractivity contribution is 5.76. The van der Waals surface area contributed by atoms with Gasteiger partial charge in [-0.1, -0.05) is 56.5 Å². The molecule has 1 heterocycles. The first-order valence-corrected chi connectivity index (χ1v) is 8.83. The molecule has 0 atom stereocenters. The maximum absolute atomic E-state index is 11.9. The van der Waals surface area contributed by atoms with E-state index >= 15 is 0 Å². The number of rotatable bonds is 8.